The molecule has 0 radical (unpaired) electrons. The number of rotatable bonds is 8. The van der Waals surface area contributed by atoms with Gasteiger partial charge in [-0.25, -0.2) is 4.79 Å². The summed E-state index contributed by atoms with van der Waals surface area (Å²) in [7, 11) is 0. The minimum Gasteiger partial charge on any atom is -0.494 e. The van der Waals surface area contributed by atoms with Gasteiger partial charge in [0.25, 0.3) is 0 Å². The first-order valence-electron chi connectivity index (χ1n) is 11.6. The average molecular weight is 487 g/mol. The van der Waals surface area contributed by atoms with Crippen LogP contribution in [0.3, 0.4) is 0 Å². The number of aliphatic hydroxyl groups is 1. The number of aromatic amines is 1. The molecule has 3 aromatic rings. The molecule has 1 amide bonds. The van der Waals surface area contributed by atoms with Gasteiger partial charge in [0.1, 0.15) is 11.8 Å². The Bertz CT molecular complexity index is 1140. The van der Waals surface area contributed by atoms with Gasteiger partial charge < -0.3 is 24.3 Å². The smallest absolute Gasteiger partial charge is 0.410 e. The van der Waals surface area contributed by atoms with Crippen molar-refractivity contribution in [3.8, 4) is 5.75 Å². The predicted molar refractivity (Wildman–Crippen MR) is 131 cm³/mol. The molecule has 34 heavy (non-hydrogen) atoms. The Morgan fingerprint density at radius 2 is 1.97 bits per heavy atom. The molecule has 8 heteroatoms. The number of ether oxygens (including phenoxy) is 3. The van der Waals surface area contributed by atoms with Crippen molar-refractivity contribution in [3.63, 3.8) is 0 Å². The molecule has 0 saturated heterocycles. The maximum atomic E-state index is 12.8. The van der Waals surface area contributed by atoms with Crippen LogP contribution in [-0.2, 0) is 15.9 Å². The maximum Gasteiger partial charge on any atom is 0.410 e. The molecule has 0 aliphatic carbocycles. The largest absolute Gasteiger partial charge is 0.494 e. The highest BCUT2D eigenvalue weighted by molar-refractivity contribution is 6.31. The van der Waals surface area contributed by atoms with Crippen LogP contribution in [-0.4, -0.2) is 53.2 Å². The first kappa shape index (κ1) is 24.4. The van der Waals surface area contributed by atoms with Crippen molar-refractivity contribution in [3.05, 3.63) is 64.3 Å². The molecule has 0 saturated carbocycles. The zero-order valence-electron chi connectivity index (χ0n) is 19.8. The van der Waals surface area contributed by atoms with Crippen LogP contribution < -0.4 is 4.74 Å². The first-order valence-corrected chi connectivity index (χ1v) is 12.0. The number of benzene rings is 2. The molecule has 182 valence electrons. The van der Waals surface area contributed by atoms with Crippen LogP contribution in [0.2, 0.25) is 5.02 Å². The number of hydrogen-bond donors (Lipinski definition) is 2. The number of carbonyl (C=O) groups is 1. The fourth-order valence-corrected chi connectivity index (χ4v) is 4.50. The Balaban J connectivity index is 1.56. The molecule has 2 N–H and O–H groups in total. The van der Waals surface area contributed by atoms with Gasteiger partial charge in [0, 0.05) is 34.6 Å². The van der Waals surface area contributed by atoms with Crippen molar-refractivity contribution in [2.45, 2.75) is 45.4 Å². The van der Waals surface area contributed by atoms with Crippen LogP contribution in [0, 0.1) is 0 Å². The number of H-pyrrole nitrogens is 1. The summed E-state index contributed by atoms with van der Waals surface area (Å²) < 4.78 is 16.5. The summed E-state index contributed by atoms with van der Waals surface area (Å²) >= 11 is 6.26. The number of halogens is 1. The third-order valence-corrected chi connectivity index (χ3v) is 6.03. The third-order valence-electron chi connectivity index (χ3n) is 5.80. The van der Waals surface area contributed by atoms with Crippen molar-refractivity contribution >= 4 is 28.6 Å². The Morgan fingerprint density at radius 1 is 1.21 bits per heavy atom. The van der Waals surface area contributed by atoms with E-state index in [-0.39, 0.29) is 12.1 Å². The number of aromatic nitrogens is 1. The van der Waals surface area contributed by atoms with E-state index in [0.717, 1.165) is 34.3 Å². The van der Waals surface area contributed by atoms with Crippen LogP contribution >= 0.6 is 11.6 Å². The summed E-state index contributed by atoms with van der Waals surface area (Å²) in [4.78, 5) is 18.1. The standard InChI is InChI=1S/C26H31ClN2O5/c1-4-32-25(30)29-13-12-20-21-16-18(27)8-11-22(21)28-23(20)24(29)17-6-9-19(10-7-17)33-14-5-15-34-26(2,3)31/h6-11,16,24,28,31H,4-5,12-15H2,1-3H3. The van der Waals surface area contributed by atoms with Gasteiger partial charge in [0.15, 0.2) is 5.79 Å². The van der Waals surface area contributed by atoms with Gasteiger partial charge in [-0.15, -0.1) is 0 Å². The fourth-order valence-electron chi connectivity index (χ4n) is 4.33. The van der Waals surface area contributed by atoms with Crippen LogP contribution in [0.4, 0.5) is 4.79 Å². The van der Waals surface area contributed by atoms with Crippen LogP contribution in [0.15, 0.2) is 42.5 Å². The molecule has 1 unspecified atom stereocenters. The molecular formula is C26H31ClN2O5. The zero-order valence-corrected chi connectivity index (χ0v) is 20.5. The molecule has 1 aromatic heterocycles. The zero-order chi connectivity index (χ0) is 24.3. The summed E-state index contributed by atoms with van der Waals surface area (Å²) in [5.74, 6) is -0.409. The van der Waals surface area contributed by atoms with Gasteiger partial charge in [-0.2, -0.15) is 0 Å². The van der Waals surface area contributed by atoms with E-state index in [1.54, 1.807) is 18.7 Å². The van der Waals surface area contributed by atoms with Crippen molar-refractivity contribution in [1.29, 1.82) is 0 Å². The molecular weight excluding hydrogens is 456 g/mol. The monoisotopic (exact) mass is 486 g/mol. The lowest BCUT2D eigenvalue weighted by Crippen LogP contribution is -2.40. The predicted octanol–water partition coefficient (Wildman–Crippen LogP) is 5.44. The molecule has 1 aliphatic heterocycles. The van der Waals surface area contributed by atoms with E-state index in [4.69, 9.17) is 25.8 Å². The SMILES string of the molecule is CCOC(=O)N1CCc2c([nH]c3ccc(Cl)cc23)C1c1ccc(OCCCOC(C)(C)O)cc1. The number of carbonyl (C=O) groups excluding carboxylic acids is 1. The second-order valence-corrected chi connectivity index (χ2v) is 9.25. The number of nitrogens with one attached hydrogen (secondary N) is 1. The topological polar surface area (TPSA) is 84.0 Å². The van der Waals surface area contributed by atoms with E-state index in [1.807, 2.05) is 49.4 Å². The average Bonchev–Trinajstić information content (AvgIpc) is 3.16. The molecule has 1 aliphatic rings. The third kappa shape index (κ3) is 5.49. The lowest BCUT2D eigenvalue weighted by Gasteiger charge is -2.35. The molecule has 2 aromatic carbocycles. The maximum absolute atomic E-state index is 12.8. The summed E-state index contributed by atoms with van der Waals surface area (Å²) in [5, 5.41) is 11.4. The Kier molecular flexibility index (Phi) is 7.36. The summed E-state index contributed by atoms with van der Waals surface area (Å²) in [6.45, 7) is 6.77. The fraction of sp³-hybridized carbons (Fsp3) is 0.423. The van der Waals surface area contributed by atoms with Crippen molar-refractivity contribution in [2.75, 3.05) is 26.4 Å². The van der Waals surface area contributed by atoms with Crippen LogP contribution in [0.5, 0.6) is 5.75 Å². The minimum absolute atomic E-state index is 0.303. The summed E-state index contributed by atoms with van der Waals surface area (Å²) in [6.07, 6.45) is 1.05. The molecule has 0 spiro atoms. The quantitative estimate of drug-likeness (QED) is 0.327. The molecule has 7 nitrogen and oxygen atoms in total. The first-order chi connectivity index (χ1) is 16.3. The second kappa shape index (κ2) is 10.3. The van der Waals surface area contributed by atoms with E-state index >= 15 is 0 Å². The highest BCUT2D eigenvalue weighted by atomic mass is 35.5. The van der Waals surface area contributed by atoms with Gasteiger partial charge in [0.05, 0.1) is 19.8 Å². The Morgan fingerprint density at radius 3 is 2.68 bits per heavy atom. The summed E-state index contributed by atoms with van der Waals surface area (Å²) in [5.41, 5.74) is 4.12. The lowest BCUT2D eigenvalue weighted by molar-refractivity contribution is -0.176. The van der Waals surface area contributed by atoms with Gasteiger partial charge >= 0.3 is 6.09 Å². The minimum atomic E-state index is -1.14. The van der Waals surface area contributed by atoms with Crippen molar-refractivity contribution < 1.29 is 24.1 Å². The normalized spacial score (nSPS) is 15.9. The number of hydrogen-bond acceptors (Lipinski definition) is 5. The van der Waals surface area contributed by atoms with Gasteiger partial charge in [-0.05, 0) is 68.7 Å². The van der Waals surface area contributed by atoms with Crippen molar-refractivity contribution in [1.82, 2.24) is 9.88 Å². The number of nitrogens with zero attached hydrogens (tertiary/aromatic N) is 1. The van der Waals surface area contributed by atoms with E-state index < -0.39 is 5.79 Å². The van der Waals surface area contributed by atoms with Crippen LogP contribution in [0.1, 0.15) is 50.1 Å². The summed E-state index contributed by atoms with van der Waals surface area (Å²) in [6, 6.07) is 13.3. The number of amides is 1. The second-order valence-electron chi connectivity index (χ2n) is 8.82. The van der Waals surface area contributed by atoms with Crippen LogP contribution in [0.25, 0.3) is 10.9 Å². The van der Waals surface area contributed by atoms with E-state index in [2.05, 4.69) is 4.98 Å². The van der Waals surface area contributed by atoms with Gasteiger partial charge in [-0.3, -0.25) is 4.90 Å². The van der Waals surface area contributed by atoms with Crippen molar-refractivity contribution in [2.24, 2.45) is 0 Å². The Labute approximate surface area is 204 Å². The molecule has 1 atom stereocenters. The highest BCUT2D eigenvalue weighted by Gasteiger charge is 2.35. The van der Waals surface area contributed by atoms with Gasteiger partial charge in [-0.1, -0.05) is 23.7 Å². The number of fused-ring (bicyclic) bond motifs is 3. The molecule has 4 rings (SSSR count). The van der Waals surface area contributed by atoms with Gasteiger partial charge in [0.2, 0.25) is 0 Å². The van der Waals surface area contributed by atoms with E-state index in [0.29, 0.717) is 37.8 Å². The molecule has 0 bridgehead atoms. The lowest BCUT2D eigenvalue weighted by atomic mass is 9.92. The molecule has 0 fully saturated rings. The Hall–Kier alpha value is -2.74. The highest BCUT2D eigenvalue weighted by Crippen LogP contribution is 2.39. The van der Waals surface area contributed by atoms with E-state index in [1.165, 1.54) is 5.56 Å². The molecule has 2 heterocycles. The van der Waals surface area contributed by atoms with E-state index in [9.17, 15) is 9.90 Å².